The maximum absolute atomic E-state index is 12.8. The summed E-state index contributed by atoms with van der Waals surface area (Å²) in [5.74, 6) is 1.79. The molecule has 31 heavy (non-hydrogen) atoms. The second kappa shape index (κ2) is 9.08. The lowest BCUT2D eigenvalue weighted by molar-refractivity contribution is 0.0803. The van der Waals surface area contributed by atoms with Crippen molar-refractivity contribution in [3.05, 3.63) is 41.0 Å². The Morgan fingerprint density at radius 1 is 0.968 bits per heavy atom. The molecule has 8 heteroatoms. The fourth-order valence-electron chi connectivity index (χ4n) is 4.46. The molecule has 1 aromatic heterocycles. The average molecular weight is 432 g/mol. The molecule has 1 saturated carbocycles. The van der Waals surface area contributed by atoms with Crippen LogP contribution in [0.1, 0.15) is 48.3 Å². The van der Waals surface area contributed by atoms with Gasteiger partial charge >= 0.3 is 0 Å². The Morgan fingerprint density at radius 2 is 1.77 bits per heavy atom. The smallest absolute Gasteiger partial charge is 0.272 e. The molecule has 0 N–H and O–H groups in total. The summed E-state index contributed by atoms with van der Waals surface area (Å²) in [5, 5.41) is 0. The molecular formula is C23H26F2N2O4. The van der Waals surface area contributed by atoms with E-state index in [9.17, 15) is 8.78 Å². The second-order valence-electron chi connectivity index (χ2n) is 7.64. The Kier molecular flexibility index (Phi) is 6.25. The van der Waals surface area contributed by atoms with Crippen LogP contribution >= 0.6 is 0 Å². The molecule has 0 bridgehead atoms. The number of alkyl halides is 2. The van der Waals surface area contributed by atoms with Crippen molar-refractivity contribution in [1.29, 1.82) is 0 Å². The first-order chi connectivity index (χ1) is 15.0. The van der Waals surface area contributed by atoms with Gasteiger partial charge < -0.3 is 18.9 Å². The summed E-state index contributed by atoms with van der Waals surface area (Å²) >= 11 is 0. The second-order valence-corrected chi connectivity index (χ2v) is 7.64. The van der Waals surface area contributed by atoms with E-state index in [4.69, 9.17) is 23.9 Å². The van der Waals surface area contributed by atoms with Crippen molar-refractivity contribution in [3.8, 4) is 23.3 Å². The molecule has 2 heterocycles. The normalized spacial score (nSPS) is 19.9. The number of rotatable bonds is 7. The highest BCUT2D eigenvalue weighted by Gasteiger charge is 2.35. The first kappa shape index (κ1) is 21.3. The topological polar surface area (TPSA) is 62.2 Å². The molecule has 1 aliphatic carbocycles. The third-order valence-electron chi connectivity index (χ3n) is 5.87. The van der Waals surface area contributed by atoms with Crippen molar-refractivity contribution >= 4 is 5.71 Å². The monoisotopic (exact) mass is 432 g/mol. The van der Waals surface area contributed by atoms with Gasteiger partial charge in [0.1, 0.15) is 6.61 Å². The number of nitrogens with zero attached hydrogens (tertiary/aromatic N) is 2. The lowest BCUT2D eigenvalue weighted by atomic mass is 9.75. The number of methoxy groups -OCH3 is 3. The summed E-state index contributed by atoms with van der Waals surface area (Å²) < 4.78 is 47.2. The largest absolute Gasteiger partial charge is 0.493 e. The van der Waals surface area contributed by atoms with Crippen LogP contribution in [0.3, 0.4) is 0 Å². The summed E-state index contributed by atoms with van der Waals surface area (Å²) in [4.78, 5) is 9.50. The van der Waals surface area contributed by atoms with Gasteiger partial charge in [-0.1, -0.05) is 12.8 Å². The van der Waals surface area contributed by atoms with Gasteiger partial charge in [0.25, 0.3) is 6.43 Å². The van der Waals surface area contributed by atoms with Crippen LogP contribution in [-0.2, 0) is 0 Å². The van der Waals surface area contributed by atoms with E-state index in [-0.39, 0.29) is 12.0 Å². The Labute approximate surface area is 180 Å². The average Bonchev–Trinajstić information content (AvgIpc) is 2.81. The number of pyridine rings is 1. The molecule has 166 valence electrons. The van der Waals surface area contributed by atoms with Gasteiger partial charge in [0, 0.05) is 17.5 Å². The third-order valence-corrected chi connectivity index (χ3v) is 5.87. The van der Waals surface area contributed by atoms with E-state index >= 15 is 0 Å². The van der Waals surface area contributed by atoms with Crippen LogP contribution in [0.5, 0.6) is 23.3 Å². The molecule has 0 spiro atoms. The molecule has 1 fully saturated rings. The Balaban J connectivity index is 1.86. The van der Waals surface area contributed by atoms with Crippen molar-refractivity contribution in [1.82, 2.24) is 4.98 Å². The fourth-order valence-corrected chi connectivity index (χ4v) is 4.46. The van der Waals surface area contributed by atoms with Gasteiger partial charge in [0.05, 0.1) is 38.6 Å². The zero-order chi connectivity index (χ0) is 22.0. The Bertz CT molecular complexity index is 980. The van der Waals surface area contributed by atoms with Crippen LogP contribution < -0.4 is 18.9 Å². The standard InChI is InChI=1S/C23H26F2N2O4/c1-28-18-11-16-15(10-19(18)31-12-20(24)25)13-6-4-5-7-17(13)26-22(16)14-8-9-21(29-2)27-23(14)30-3/h8-11,13,17,20H,4-7,12H2,1-3H3/t13-,17-/m1/s1. The minimum absolute atomic E-state index is 0.111. The highest BCUT2D eigenvalue weighted by Crippen LogP contribution is 2.45. The lowest BCUT2D eigenvalue weighted by Crippen LogP contribution is -2.30. The van der Waals surface area contributed by atoms with Crippen LogP contribution in [0.15, 0.2) is 29.3 Å². The van der Waals surface area contributed by atoms with Gasteiger partial charge in [-0.25, -0.2) is 8.78 Å². The van der Waals surface area contributed by atoms with E-state index in [1.54, 1.807) is 20.3 Å². The predicted octanol–water partition coefficient (Wildman–Crippen LogP) is 4.63. The molecule has 4 rings (SSSR count). The summed E-state index contributed by atoms with van der Waals surface area (Å²) in [6.45, 7) is -0.680. The van der Waals surface area contributed by atoms with E-state index in [0.717, 1.165) is 48.1 Å². The van der Waals surface area contributed by atoms with Gasteiger partial charge in [0.2, 0.25) is 11.8 Å². The highest BCUT2D eigenvalue weighted by atomic mass is 19.3. The molecule has 0 radical (unpaired) electrons. The maximum Gasteiger partial charge on any atom is 0.272 e. The molecule has 0 unspecified atom stereocenters. The van der Waals surface area contributed by atoms with Crippen molar-refractivity contribution in [2.45, 2.75) is 44.1 Å². The van der Waals surface area contributed by atoms with E-state index in [0.29, 0.717) is 23.3 Å². The number of aliphatic imine (C=N–C) groups is 1. The van der Waals surface area contributed by atoms with Crippen LogP contribution in [0.4, 0.5) is 8.78 Å². The van der Waals surface area contributed by atoms with Crippen LogP contribution in [0.25, 0.3) is 0 Å². The molecule has 0 amide bonds. The van der Waals surface area contributed by atoms with E-state index < -0.39 is 13.0 Å². The Morgan fingerprint density at radius 3 is 2.48 bits per heavy atom. The number of hydrogen-bond acceptors (Lipinski definition) is 6. The number of halogens is 2. The highest BCUT2D eigenvalue weighted by molar-refractivity contribution is 6.16. The first-order valence-electron chi connectivity index (χ1n) is 10.4. The zero-order valence-electron chi connectivity index (χ0n) is 17.9. The van der Waals surface area contributed by atoms with Gasteiger partial charge in [-0.05, 0) is 36.6 Å². The van der Waals surface area contributed by atoms with E-state index in [2.05, 4.69) is 4.98 Å². The van der Waals surface area contributed by atoms with Crippen molar-refractivity contribution in [2.75, 3.05) is 27.9 Å². The number of hydrogen-bond donors (Lipinski definition) is 0. The van der Waals surface area contributed by atoms with Crippen molar-refractivity contribution in [2.24, 2.45) is 4.99 Å². The van der Waals surface area contributed by atoms with Crippen LogP contribution in [-0.4, -0.2) is 51.1 Å². The summed E-state index contributed by atoms with van der Waals surface area (Å²) in [6, 6.07) is 7.43. The number of fused-ring (bicyclic) bond motifs is 3. The van der Waals surface area contributed by atoms with Crippen LogP contribution in [0, 0.1) is 0 Å². The number of aromatic nitrogens is 1. The molecule has 6 nitrogen and oxygen atoms in total. The van der Waals surface area contributed by atoms with E-state index in [1.165, 1.54) is 7.11 Å². The summed E-state index contributed by atoms with van der Waals surface area (Å²) in [5.41, 5.74) is 3.42. The molecule has 0 saturated heterocycles. The quantitative estimate of drug-likeness (QED) is 0.639. The van der Waals surface area contributed by atoms with Gasteiger partial charge in [0.15, 0.2) is 11.5 Å². The number of ether oxygens (including phenoxy) is 4. The third kappa shape index (κ3) is 4.16. The van der Waals surface area contributed by atoms with Crippen molar-refractivity contribution in [3.63, 3.8) is 0 Å². The zero-order valence-corrected chi connectivity index (χ0v) is 17.9. The molecule has 1 aromatic carbocycles. The lowest BCUT2D eigenvalue weighted by Gasteiger charge is -2.36. The Hall–Kier alpha value is -2.90. The van der Waals surface area contributed by atoms with Gasteiger partial charge in [-0.2, -0.15) is 4.98 Å². The van der Waals surface area contributed by atoms with Gasteiger partial charge in [-0.15, -0.1) is 0 Å². The molecular weight excluding hydrogens is 406 g/mol. The van der Waals surface area contributed by atoms with Crippen LogP contribution in [0.2, 0.25) is 0 Å². The fraction of sp³-hybridized carbons (Fsp3) is 0.478. The summed E-state index contributed by atoms with van der Waals surface area (Å²) in [6.07, 6.45) is 1.62. The molecule has 2 aliphatic rings. The van der Waals surface area contributed by atoms with Crippen molar-refractivity contribution < 1.29 is 27.7 Å². The van der Waals surface area contributed by atoms with E-state index in [1.807, 2.05) is 18.2 Å². The predicted molar refractivity (Wildman–Crippen MR) is 112 cm³/mol. The molecule has 2 atom stereocenters. The maximum atomic E-state index is 12.8. The minimum atomic E-state index is -2.56. The molecule has 2 aromatic rings. The van der Waals surface area contributed by atoms with Gasteiger partial charge in [-0.3, -0.25) is 4.99 Å². The first-order valence-corrected chi connectivity index (χ1v) is 10.4. The molecule has 1 aliphatic heterocycles. The number of benzene rings is 1. The summed E-state index contributed by atoms with van der Waals surface area (Å²) in [7, 11) is 4.60. The SMILES string of the molecule is COc1ccc(C2=N[C@@H]3CCCC[C@@H]3c3cc(OCC(F)F)c(OC)cc32)c(OC)n1. The minimum Gasteiger partial charge on any atom is -0.493 e.